The highest BCUT2D eigenvalue weighted by atomic mass is 16.5. The first-order valence-corrected chi connectivity index (χ1v) is 7.04. The van der Waals surface area contributed by atoms with E-state index in [1.807, 2.05) is 18.2 Å². The maximum absolute atomic E-state index is 6.02. The van der Waals surface area contributed by atoms with Gasteiger partial charge in [-0.3, -0.25) is 4.90 Å². The number of hydrogen-bond acceptors (Lipinski definition) is 5. The topological polar surface area (TPSA) is 68.2 Å². The zero-order valence-electron chi connectivity index (χ0n) is 11.7. The van der Waals surface area contributed by atoms with Crippen molar-refractivity contribution in [3.8, 4) is 0 Å². The third-order valence-corrected chi connectivity index (χ3v) is 3.82. The van der Waals surface area contributed by atoms with E-state index in [0.717, 1.165) is 18.9 Å². The molecule has 1 saturated heterocycles. The Bertz CT molecular complexity index is 544. The van der Waals surface area contributed by atoms with E-state index in [1.54, 1.807) is 0 Å². The molecule has 106 valence electrons. The minimum atomic E-state index is 0.252. The number of benzene rings is 1. The number of nitrogens with zero attached hydrogens (tertiary/aromatic N) is 3. The van der Waals surface area contributed by atoms with Crippen LogP contribution < -0.4 is 5.73 Å². The average molecular weight is 272 g/mol. The molecule has 2 heterocycles. The number of hydrogen-bond donors (Lipinski definition) is 1. The molecule has 1 aliphatic heterocycles. The molecule has 0 bridgehead atoms. The van der Waals surface area contributed by atoms with E-state index in [1.165, 1.54) is 5.56 Å². The Morgan fingerprint density at radius 3 is 2.80 bits per heavy atom. The fourth-order valence-electron chi connectivity index (χ4n) is 2.62. The third-order valence-electron chi connectivity index (χ3n) is 3.82. The standard InChI is InChI=1S/C15H20N4O/c1-11-8-19(9-13(11)16)10-15-17-14(18-20-15)7-12-5-3-2-4-6-12/h2-6,11,13H,7-10,16H2,1H3. The lowest BCUT2D eigenvalue weighted by molar-refractivity contribution is 0.260. The summed E-state index contributed by atoms with van der Waals surface area (Å²) in [4.78, 5) is 6.73. The van der Waals surface area contributed by atoms with Crippen LogP contribution in [-0.4, -0.2) is 34.2 Å². The van der Waals surface area contributed by atoms with Gasteiger partial charge in [0.1, 0.15) is 0 Å². The van der Waals surface area contributed by atoms with Gasteiger partial charge in [-0.05, 0) is 11.5 Å². The molecule has 0 spiro atoms. The van der Waals surface area contributed by atoms with Crippen LogP contribution in [0.2, 0.25) is 0 Å². The van der Waals surface area contributed by atoms with Gasteiger partial charge >= 0.3 is 0 Å². The van der Waals surface area contributed by atoms with Crippen molar-refractivity contribution in [3.05, 3.63) is 47.6 Å². The molecule has 2 N–H and O–H groups in total. The van der Waals surface area contributed by atoms with Crippen LogP contribution in [-0.2, 0) is 13.0 Å². The van der Waals surface area contributed by atoms with Crippen LogP contribution in [0.15, 0.2) is 34.9 Å². The molecule has 5 heteroatoms. The highest BCUT2D eigenvalue weighted by molar-refractivity contribution is 5.18. The van der Waals surface area contributed by atoms with E-state index in [4.69, 9.17) is 10.3 Å². The van der Waals surface area contributed by atoms with E-state index in [9.17, 15) is 0 Å². The highest BCUT2D eigenvalue weighted by Crippen LogP contribution is 2.17. The van der Waals surface area contributed by atoms with Crippen LogP contribution >= 0.6 is 0 Å². The minimum absolute atomic E-state index is 0.252. The Balaban J connectivity index is 1.60. The molecule has 0 radical (unpaired) electrons. The van der Waals surface area contributed by atoms with Crippen molar-refractivity contribution < 1.29 is 4.52 Å². The van der Waals surface area contributed by atoms with Crippen LogP contribution in [0.4, 0.5) is 0 Å². The van der Waals surface area contributed by atoms with Crippen molar-refractivity contribution in [1.82, 2.24) is 15.0 Å². The smallest absolute Gasteiger partial charge is 0.240 e. The maximum Gasteiger partial charge on any atom is 0.240 e. The van der Waals surface area contributed by atoms with Crippen LogP contribution in [0.1, 0.15) is 24.2 Å². The first kappa shape index (κ1) is 13.3. The fourth-order valence-corrected chi connectivity index (χ4v) is 2.62. The summed E-state index contributed by atoms with van der Waals surface area (Å²) in [5.41, 5.74) is 7.21. The first-order chi connectivity index (χ1) is 9.70. The molecule has 1 aromatic carbocycles. The summed E-state index contributed by atoms with van der Waals surface area (Å²) >= 11 is 0. The summed E-state index contributed by atoms with van der Waals surface area (Å²) < 4.78 is 5.33. The molecule has 0 saturated carbocycles. The zero-order valence-corrected chi connectivity index (χ0v) is 11.7. The van der Waals surface area contributed by atoms with Gasteiger partial charge in [-0.15, -0.1) is 0 Å². The summed E-state index contributed by atoms with van der Waals surface area (Å²) in [6, 6.07) is 10.4. The van der Waals surface area contributed by atoms with Crippen molar-refractivity contribution in [3.63, 3.8) is 0 Å². The molecule has 0 amide bonds. The second kappa shape index (κ2) is 5.73. The second-order valence-electron chi connectivity index (χ2n) is 5.60. The van der Waals surface area contributed by atoms with Gasteiger partial charge in [-0.1, -0.05) is 42.4 Å². The lowest BCUT2D eigenvalue weighted by atomic mass is 10.1. The molecule has 1 aromatic heterocycles. The van der Waals surface area contributed by atoms with E-state index < -0.39 is 0 Å². The van der Waals surface area contributed by atoms with E-state index >= 15 is 0 Å². The van der Waals surface area contributed by atoms with Gasteiger partial charge in [0.05, 0.1) is 6.54 Å². The molecule has 2 unspecified atom stereocenters. The van der Waals surface area contributed by atoms with Gasteiger partial charge in [-0.2, -0.15) is 4.98 Å². The van der Waals surface area contributed by atoms with Gasteiger partial charge in [0.2, 0.25) is 5.89 Å². The first-order valence-electron chi connectivity index (χ1n) is 7.04. The van der Waals surface area contributed by atoms with Crippen LogP contribution in [0, 0.1) is 5.92 Å². The van der Waals surface area contributed by atoms with Crippen molar-refractivity contribution >= 4 is 0 Å². The monoisotopic (exact) mass is 272 g/mol. The number of likely N-dealkylation sites (tertiary alicyclic amines) is 1. The largest absolute Gasteiger partial charge is 0.338 e. The lowest BCUT2D eigenvalue weighted by Crippen LogP contribution is -2.28. The lowest BCUT2D eigenvalue weighted by Gasteiger charge is -2.11. The van der Waals surface area contributed by atoms with Gasteiger partial charge in [0.15, 0.2) is 5.82 Å². The normalized spacial score (nSPS) is 23.3. The molecule has 5 nitrogen and oxygen atoms in total. The SMILES string of the molecule is CC1CN(Cc2nc(Cc3ccccc3)no2)CC1N. The Kier molecular flexibility index (Phi) is 3.80. The van der Waals surface area contributed by atoms with Crippen LogP contribution in [0.5, 0.6) is 0 Å². The van der Waals surface area contributed by atoms with Crippen molar-refractivity contribution in [1.29, 1.82) is 0 Å². The molecular weight excluding hydrogens is 252 g/mol. The minimum Gasteiger partial charge on any atom is -0.338 e. The molecule has 1 fully saturated rings. The van der Waals surface area contributed by atoms with Crippen molar-refractivity contribution in [2.75, 3.05) is 13.1 Å². The van der Waals surface area contributed by atoms with Crippen LogP contribution in [0.3, 0.4) is 0 Å². The Labute approximate surface area is 118 Å². The molecule has 1 aliphatic rings. The zero-order chi connectivity index (χ0) is 13.9. The number of nitrogens with two attached hydrogens (primary N) is 1. The molecule has 2 aromatic rings. The van der Waals surface area contributed by atoms with E-state index in [0.29, 0.717) is 24.8 Å². The molecular formula is C15H20N4O. The summed E-state index contributed by atoms with van der Waals surface area (Å²) in [6.45, 7) is 4.77. The Morgan fingerprint density at radius 1 is 1.30 bits per heavy atom. The highest BCUT2D eigenvalue weighted by Gasteiger charge is 2.27. The molecule has 0 aliphatic carbocycles. The van der Waals surface area contributed by atoms with Gasteiger partial charge in [0.25, 0.3) is 0 Å². The van der Waals surface area contributed by atoms with Crippen LogP contribution in [0.25, 0.3) is 0 Å². The molecule has 2 atom stereocenters. The predicted octanol–water partition coefficient (Wildman–Crippen LogP) is 1.44. The van der Waals surface area contributed by atoms with E-state index in [2.05, 4.69) is 34.1 Å². The molecule has 3 rings (SSSR count). The van der Waals surface area contributed by atoms with Gasteiger partial charge in [-0.25, -0.2) is 0 Å². The fraction of sp³-hybridized carbons (Fsp3) is 0.467. The maximum atomic E-state index is 6.02. The molecule has 20 heavy (non-hydrogen) atoms. The average Bonchev–Trinajstić information content (AvgIpc) is 2.99. The van der Waals surface area contributed by atoms with Crippen molar-refractivity contribution in [2.24, 2.45) is 11.7 Å². The summed E-state index contributed by atoms with van der Waals surface area (Å²) in [5.74, 6) is 1.95. The predicted molar refractivity (Wildman–Crippen MR) is 76.0 cm³/mol. The number of rotatable bonds is 4. The van der Waals surface area contributed by atoms with Crippen molar-refractivity contribution in [2.45, 2.75) is 25.9 Å². The van der Waals surface area contributed by atoms with Gasteiger partial charge < -0.3 is 10.3 Å². The summed E-state index contributed by atoms with van der Waals surface area (Å²) in [5, 5.41) is 4.05. The Morgan fingerprint density at radius 2 is 2.10 bits per heavy atom. The van der Waals surface area contributed by atoms with E-state index in [-0.39, 0.29) is 6.04 Å². The number of aromatic nitrogens is 2. The second-order valence-corrected chi connectivity index (χ2v) is 5.60. The quantitative estimate of drug-likeness (QED) is 0.912. The third kappa shape index (κ3) is 3.05. The summed E-state index contributed by atoms with van der Waals surface area (Å²) in [6.07, 6.45) is 0.709. The van der Waals surface area contributed by atoms with Gasteiger partial charge in [0, 0.05) is 25.6 Å². The summed E-state index contributed by atoms with van der Waals surface area (Å²) in [7, 11) is 0. The Hall–Kier alpha value is -1.72.